The standard InChI is InChI=1S/C17H22O4/c1-13(8-7-11-20-15(3)18)17(19)14(2)21-12-16-9-5-4-6-10-16/h4-6,9-10,13-14,17,19H,11-12H2,1-3H3/t13-,14-,17+/m1/s1. The van der Waals surface area contributed by atoms with Gasteiger partial charge >= 0.3 is 5.97 Å². The van der Waals surface area contributed by atoms with Crippen molar-refractivity contribution in [1.82, 2.24) is 0 Å². The summed E-state index contributed by atoms with van der Waals surface area (Å²) in [4.78, 5) is 10.6. The lowest BCUT2D eigenvalue weighted by Crippen LogP contribution is -2.31. The van der Waals surface area contributed by atoms with Crippen molar-refractivity contribution in [2.24, 2.45) is 5.92 Å². The second-order valence-electron chi connectivity index (χ2n) is 4.88. The number of ether oxygens (including phenoxy) is 2. The van der Waals surface area contributed by atoms with Crippen molar-refractivity contribution in [3.05, 3.63) is 35.9 Å². The lowest BCUT2D eigenvalue weighted by molar-refractivity contribution is -0.139. The van der Waals surface area contributed by atoms with Gasteiger partial charge in [0.1, 0.15) is 0 Å². The van der Waals surface area contributed by atoms with Gasteiger partial charge < -0.3 is 14.6 Å². The molecule has 4 heteroatoms. The Morgan fingerprint density at radius 3 is 2.57 bits per heavy atom. The van der Waals surface area contributed by atoms with Crippen molar-refractivity contribution >= 4 is 5.97 Å². The Bertz CT molecular complexity index is 487. The van der Waals surface area contributed by atoms with Crippen LogP contribution in [0.5, 0.6) is 0 Å². The van der Waals surface area contributed by atoms with Crippen molar-refractivity contribution in [3.63, 3.8) is 0 Å². The van der Waals surface area contributed by atoms with Gasteiger partial charge in [-0.15, -0.1) is 0 Å². The Kier molecular flexibility index (Phi) is 7.52. The van der Waals surface area contributed by atoms with E-state index in [1.807, 2.05) is 44.2 Å². The lowest BCUT2D eigenvalue weighted by atomic mass is 10.0. The molecule has 0 aliphatic carbocycles. The van der Waals surface area contributed by atoms with Gasteiger partial charge in [-0.1, -0.05) is 42.2 Å². The maximum Gasteiger partial charge on any atom is 0.303 e. The summed E-state index contributed by atoms with van der Waals surface area (Å²) in [6.07, 6.45) is -1.03. The molecule has 0 saturated carbocycles. The third-order valence-corrected chi connectivity index (χ3v) is 3.03. The summed E-state index contributed by atoms with van der Waals surface area (Å²) in [6, 6.07) is 9.79. The molecule has 3 atom stereocenters. The highest BCUT2D eigenvalue weighted by Gasteiger charge is 2.20. The number of rotatable bonds is 6. The van der Waals surface area contributed by atoms with Crippen LogP contribution in [0.15, 0.2) is 30.3 Å². The maximum atomic E-state index is 10.6. The molecule has 4 nitrogen and oxygen atoms in total. The van der Waals surface area contributed by atoms with Crippen LogP contribution in [0.3, 0.4) is 0 Å². The van der Waals surface area contributed by atoms with E-state index in [-0.39, 0.29) is 24.6 Å². The average Bonchev–Trinajstić information content (AvgIpc) is 2.49. The molecule has 1 aromatic rings. The first-order chi connectivity index (χ1) is 10.0. The number of esters is 1. The van der Waals surface area contributed by atoms with Crippen LogP contribution in [0.2, 0.25) is 0 Å². The zero-order valence-electron chi connectivity index (χ0n) is 12.7. The Hall–Kier alpha value is -1.83. The van der Waals surface area contributed by atoms with E-state index in [0.717, 1.165) is 5.56 Å². The molecule has 0 amide bonds. The fourth-order valence-corrected chi connectivity index (χ4v) is 1.73. The van der Waals surface area contributed by atoms with Crippen LogP contribution in [0.4, 0.5) is 0 Å². The molecule has 0 saturated heterocycles. The fraction of sp³-hybridized carbons (Fsp3) is 0.471. The minimum absolute atomic E-state index is 0.0473. The second-order valence-corrected chi connectivity index (χ2v) is 4.88. The van der Waals surface area contributed by atoms with Crippen molar-refractivity contribution in [2.75, 3.05) is 6.61 Å². The first kappa shape index (κ1) is 17.2. The molecule has 0 unspecified atom stereocenters. The summed E-state index contributed by atoms with van der Waals surface area (Å²) in [6.45, 7) is 5.46. The van der Waals surface area contributed by atoms with Crippen molar-refractivity contribution < 1.29 is 19.4 Å². The Morgan fingerprint density at radius 1 is 1.29 bits per heavy atom. The molecular weight excluding hydrogens is 268 g/mol. The van der Waals surface area contributed by atoms with Crippen LogP contribution < -0.4 is 0 Å². The number of aliphatic hydroxyl groups excluding tert-OH is 1. The van der Waals surface area contributed by atoms with Crippen molar-refractivity contribution in [1.29, 1.82) is 0 Å². The van der Waals surface area contributed by atoms with Gasteiger partial charge in [0, 0.05) is 12.8 Å². The van der Waals surface area contributed by atoms with Crippen molar-refractivity contribution in [3.8, 4) is 11.8 Å². The average molecular weight is 290 g/mol. The first-order valence-electron chi connectivity index (χ1n) is 6.96. The minimum Gasteiger partial charge on any atom is -0.453 e. The van der Waals surface area contributed by atoms with E-state index < -0.39 is 6.10 Å². The lowest BCUT2D eigenvalue weighted by Gasteiger charge is -2.22. The monoisotopic (exact) mass is 290 g/mol. The van der Waals surface area contributed by atoms with Gasteiger partial charge in [0.2, 0.25) is 0 Å². The Balaban J connectivity index is 2.38. The molecule has 1 rings (SSSR count). The van der Waals surface area contributed by atoms with Crippen LogP contribution in [0, 0.1) is 17.8 Å². The highest BCUT2D eigenvalue weighted by molar-refractivity contribution is 5.66. The zero-order valence-corrected chi connectivity index (χ0v) is 12.7. The van der Waals surface area contributed by atoms with Crippen LogP contribution in [0.1, 0.15) is 26.3 Å². The van der Waals surface area contributed by atoms with Gasteiger partial charge in [-0.05, 0) is 19.4 Å². The molecule has 0 fully saturated rings. The summed E-state index contributed by atoms with van der Waals surface area (Å²) in [7, 11) is 0. The number of carbonyl (C=O) groups excluding carboxylic acids is 1. The summed E-state index contributed by atoms with van der Waals surface area (Å²) < 4.78 is 10.4. The largest absolute Gasteiger partial charge is 0.453 e. The van der Waals surface area contributed by atoms with Gasteiger partial charge in [-0.25, -0.2) is 0 Å². The summed E-state index contributed by atoms with van der Waals surface area (Å²) >= 11 is 0. The first-order valence-corrected chi connectivity index (χ1v) is 6.96. The zero-order chi connectivity index (χ0) is 15.7. The highest BCUT2D eigenvalue weighted by atomic mass is 16.5. The van der Waals surface area contributed by atoms with E-state index in [1.54, 1.807) is 0 Å². The number of carbonyl (C=O) groups is 1. The Morgan fingerprint density at radius 2 is 1.95 bits per heavy atom. The van der Waals surface area contributed by atoms with E-state index in [9.17, 15) is 9.90 Å². The molecule has 0 radical (unpaired) electrons. The van der Waals surface area contributed by atoms with Crippen LogP contribution in [0.25, 0.3) is 0 Å². The summed E-state index contributed by atoms with van der Waals surface area (Å²) in [5.41, 5.74) is 1.06. The molecule has 1 aromatic carbocycles. The molecule has 0 spiro atoms. The van der Waals surface area contributed by atoms with E-state index in [0.29, 0.717) is 6.61 Å². The molecular formula is C17H22O4. The van der Waals surface area contributed by atoms with Gasteiger partial charge in [-0.3, -0.25) is 4.79 Å². The van der Waals surface area contributed by atoms with E-state index in [2.05, 4.69) is 11.8 Å². The van der Waals surface area contributed by atoms with Crippen LogP contribution in [-0.2, 0) is 20.9 Å². The van der Waals surface area contributed by atoms with Gasteiger partial charge in [0.25, 0.3) is 0 Å². The molecule has 0 bridgehead atoms. The molecule has 21 heavy (non-hydrogen) atoms. The number of hydrogen-bond donors (Lipinski definition) is 1. The molecule has 1 N–H and O–H groups in total. The SMILES string of the molecule is CC(=O)OCC#C[C@@H](C)[C@H](O)[C@@H](C)OCc1ccccc1. The number of aliphatic hydroxyl groups is 1. The van der Waals surface area contributed by atoms with Gasteiger partial charge in [0.15, 0.2) is 6.61 Å². The minimum atomic E-state index is -0.696. The summed E-state index contributed by atoms with van der Waals surface area (Å²) in [5.74, 6) is 4.96. The predicted octanol–water partition coefficient (Wildman–Crippen LogP) is 2.16. The van der Waals surface area contributed by atoms with E-state index >= 15 is 0 Å². The number of hydrogen-bond acceptors (Lipinski definition) is 4. The third-order valence-electron chi connectivity index (χ3n) is 3.03. The quantitative estimate of drug-likeness (QED) is 0.644. The van der Waals surface area contributed by atoms with Crippen LogP contribution in [-0.4, -0.2) is 29.9 Å². The third kappa shape index (κ3) is 6.94. The predicted molar refractivity (Wildman–Crippen MR) is 80.3 cm³/mol. The highest BCUT2D eigenvalue weighted by Crippen LogP contribution is 2.12. The van der Waals surface area contributed by atoms with Gasteiger partial charge in [-0.2, -0.15) is 0 Å². The fourth-order valence-electron chi connectivity index (χ4n) is 1.73. The smallest absolute Gasteiger partial charge is 0.303 e. The van der Waals surface area contributed by atoms with Gasteiger partial charge in [0.05, 0.1) is 18.8 Å². The molecule has 0 aliphatic heterocycles. The molecule has 0 aliphatic rings. The van der Waals surface area contributed by atoms with E-state index in [4.69, 9.17) is 9.47 Å². The number of benzene rings is 1. The second kappa shape index (κ2) is 9.17. The topological polar surface area (TPSA) is 55.8 Å². The maximum absolute atomic E-state index is 10.6. The normalized spacial score (nSPS) is 14.5. The molecule has 0 aromatic heterocycles. The Labute approximate surface area is 126 Å². The van der Waals surface area contributed by atoms with E-state index in [1.165, 1.54) is 6.92 Å². The summed E-state index contributed by atoms with van der Waals surface area (Å²) in [5, 5.41) is 10.1. The molecule has 0 heterocycles. The molecule has 114 valence electrons. The van der Waals surface area contributed by atoms with Crippen LogP contribution >= 0.6 is 0 Å². The van der Waals surface area contributed by atoms with Crippen molar-refractivity contribution in [2.45, 2.75) is 39.6 Å².